The van der Waals surface area contributed by atoms with Crippen LogP contribution < -0.4 is 0 Å². The van der Waals surface area contributed by atoms with Gasteiger partial charge in [-0.25, -0.2) is 4.79 Å². The highest BCUT2D eigenvalue weighted by molar-refractivity contribution is 5.95. The Bertz CT molecular complexity index is 1300. The lowest BCUT2D eigenvalue weighted by Crippen LogP contribution is -2.54. The van der Waals surface area contributed by atoms with Crippen LogP contribution in [0, 0.1) is 40.9 Å². The smallest absolute Gasteiger partial charge is 0.410 e. The van der Waals surface area contributed by atoms with Gasteiger partial charge in [0.2, 0.25) is 0 Å². The maximum absolute atomic E-state index is 13.5. The Morgan fingerprint density at radius 1 is 1.17 bits per heavy atom. The lowest BCUT2D eigenvalue weighted by Gasteiger charge is -2.50. The van der Waals surface area contributed by atoms with Gasteiger partial charge < -0.3 is 19.6 Å². The van der Waals surface area contributed by atoms with Crippen LogP contribution >= 0.6 is 0 Å². The normalized spacial score (nSPS) is 43.5. The third kappa shape index (κ3) is 4.46. The van der Waals surface area contributed by atoms with E-state index in [1.54, 1.807) is 11.1 Å². The first-order chi connectivity index (χ1) is 20.2. The van der Waals surface area contributed by atoms with E-state index in [9.17, 15) is 10.0 Å². The van der Waals surface area contributed by atoms with Gasteiger partial charge >= 0.3 is 6.09 Å². The number of oxime groups is 1. The van der Waals surface area contributed by atoms with E-state index >= 15 is 0 Å². The molecule has 10 atom stereocenters. The molecule has 2 heterocycles. The molecule has 226 valence electrons. The Morgan fingerprint density at radius 2 is 1.98 bits per heavy atom. The summed E-state index contributed by atoms with van der Waals surface area (Å²) in [5.74, 6) is 3.23. The number of allylic oxidation sites excluding steroid dienone is 3. The van der Waals surface area contributed by atoms with Crippen molar-refractivity contribution in [2.45, 2.75) is 103 Å². The molecule has 1 amide bonds. The highest BCUT2D eigenvalue weighted by atomic mass is 16.6. The van der Waals surface area contributed by atoms with Gasteiger partial charge in [0.15, 0.2) is 0 Å². The van der Waals surface area contributed by atoms with E-state index in [2.05, 4.69) is 45.0 Å². The lowest BCUT2D eigenvalue weighted by molar-refractivity contribution is -0.0788. The standard InChI is InChI=1S/C36H48N2O4/c1-22-16-32-33(38(20-22)34(39)41-21-25-8-6-5-7-9-25)24(3)36(42-32)15-13-28-29-11-10-26-17-27(37-40)12-14-35(26,4)31(29)18-30(28)23(2)19-36/h5-9,12,14,22,24,26,28-29,31-33,40H,10-11,13,15-21H2,1-4H3/b37-27+/t22-,24+,26+,28-,29-,31-,32+,33-,35-,36-/m0/s1. The van der Waals surface area contributed by atoms with Gasteiger partial charge in [-0.05, 0) is 105 Å². The Kier molecular flexibility index (Phi) is 7.07. The molecule has 2 saturated carbocycles. The molecule has 4 aliphatic carbocycles. The molecular weight excluding hydrogens is 524 g/mol. The van der Waals surface area contributed by atoms with Crippen molar-refractivity contribution in [1.29, 1.82) is 0 Å². The molecule has 6 nitrogen and oxygen atoms in total. The van der Waals surface area contributed by atoms with Crippen LogP contribution in [0.5, 0.6) is 0 Å². The molecule has 6 heteroatoms. The van der Waals surface area contributed by atoms with Crippen LogP contribution in [0.4, 0.5) is 4.79 Å². The molecule has 0 unspecified atom stereocenters. The van der Waals surface area contributed by atoms with Gasteiger partial charge in [-0.3, -0.25) is 0 Å². The van der Waals surface area contributed by atoms with Crippen LogP contribution in [0.3, 0.4) is 0 Å². The molecule has 0 bridgehead atoms. The van der Waals surface area contributed by atoms with Crippen molar-refractivity contribution in [2.75, 3.05) is 6.54 Å². The topological polar surface area (TPSA) is 71.4 Å². The number of amides is 1. The number of carbonyl (C=O) groups excluding carboxylic acids is 1. The fraction of sp³-hybridized carbons (Fsp3) is 0.667. The minimum Gasteiger partial charge on any atom is -0.445 e. The van der Waals surface area contributed by atoms with Crippen LogP contribution in [-0.4, -0.2) is 46.2 Å². The second-order valence-corrected chi connectivity index (χ2v) is 14.9. The number of ether oxygens (including phenoxy) is 2. The number of nitrogens with zero attached hydrogens (tertiary/aromatic N) is 2. The summed E-state index contributed by atoms with van der Waals surface area (Å²) in [5.41, 5.74) is 5.06. The molecule has 0 radical (unpaired) electrons. The van der Waals surface area contributed by atoms with E-state index in [1.807, 2.05) is 35.2 Å². The zero-order valence-corrected chi connectivity index (χ0v) is 25.8. The molecule has 1 spiro atoms. The van der Waals surface area contributed by atoms with Gasteiger partial charge in [0.1, 0.15) is 6.61 Å². The molecule has 1 aromatic carbocycles. The van der Waals surface area contributed by atoms with Crippen molar-refractivity contribution in [2.24, 2.45) is 46.1 Å². The van der Waals surface area contributed by atoms with E-state index in [4.69, 9.17) is 9.47 Å². The van der Waals surface area contributed by atoms with Crippen molar-refractivity contribution < 1.29 is 19.5 Å². The summed E-state index contributed by atoms with van der Waals surface area (Å²) in [5, 5.41) is 13.0. The number of carbonyl (C=O) groups is 1. The van der Waals surface area contributed by atoms with Crippen LogP contribution in [0.25, 0.3) is 0 Å². The Labute approximate surface area is 251 Å². The highest BCUT2D eigenvalue weighted by Crippen LogP contribution is 2.64. The molecule has 1 aromatic rings. The summed E-state index contributed by atoms with van der Waals surface area (Å²) in [7, 11) is 0. The molecule has 42 heavy (non-hydrogen) atoms. The lowest BCUT2D eigenvalue weighted by atomic mass is 9.54. The average molecular weight is 573 g/mol. The molecule has 7 rings (SSSR count). The Morgan fingerprint density at radius 3 is 2.76 bits per heavy atom. The van der Waals surface area contributed by atoms with E-state index in [-0.39, 0.29) is 35.2 Å². The van der Waals surface area contributed by atoms with Crippen LogP contribution in [0.1, 0.15) is 84.6 Å². The summed E-state index contributed by atoms with van der Waals surface area (Å²) in [6.07, 6.45) is 13.1. The number of piperidine rings is 1. The molecule has 1 N–H and O–H groups in total. The van der Waals surface area contributed by atoms with Gasteiger partial charge in [0.25, 0.3) is 0 Å². The third-order valence-corrected chi connectivity index (χ3v) is 12.7. The zero-order valence-electron chi connectivity index (χ0n) is 25.8. The predicted octanol–water partition coefficient (Wildman–Crippen LogP) is 7.77. The predicted molar refractivity (Wildman–Crippen MR) is 163 cm³/mol. The van der Waals surface area contributed by atoms with E-state index in [0.29, 0.717) is 36.2 Å². The van der Waals surface area contributed by atoms with E-state index in [1.165, 1.54) is 25.7 Å². The molecular formula is C36H48N2O4. The van der Waals surface area contributed by atoms with Gasteiger partial charge in [0.05, 0.1) is 23.5 Å². The van der Waals surface area contributed by atoms with Crippen LogP contribution in [0.2, 0.25) is 0 Å². The third-order valence-electron chi connectivity index (χ3n) is 12.7. The largest absolute Gasteiger partial charge is 0.445 e. The maximum atomic E-state index is 13.5. The van der Waals surface area contributed by atoms with Crippen molar-refractivity contribution in [1.82, 2.24) is 4.90 Å². The van der Waals surface area contributed by atoms with Gasteiger partial charge in [-0.2, -0.15) is 0 Å². The quantitative estimate of drug-likeness (QED) is 0.223. The summed E-state index contributed by atoms with van der Waals surface area (Å²) < 4.78 is 13.0. The number of likely N-dealkylation sites (tertiary alicyclic amines) is 1. The van der Waals surface area contributed by atoms with Gasteiger partial charge in [-0.1, -0.05) is 73.5 Å². The minimum absolute atomic E-state index is 0.0667. The minimum atomic E-state index is -0.216. The summed E-state index contributed by atoms with van der Waals surface area (Å²) in [4.78, 5) is 15.5. The number of benzene rings is 1. The molecule has 2 saturated heterocycles. The summed E-state index contributed by atoms with van der Waals surface area (Å²) in [6.45, 7) is 10.5. The van der Waals surface area contributed by atoms with Crippen molar-refractivity contribution in [3.63, 3.8) is 0 Å². The molecule has 4 fully saturated rings. The molecule has 6 aliphatic rings. The summed E-state index contributed by atoms with van der Waals surface area (Å²) in [6, 6.07) is 10.0. The SMILES string of the molecule is CC1=C2C[C@H]3[C@@H](CC[C@@H]4C/C(=N/O)C=C[C@@]43C)[C@@H]2CC[C@@]2(C1)O[C@@H]1C[C@H](C)CN(C(=O)OCc3ccccc3)[C@H]1[C@H]2C. The fourth-order valence-electron chi connectivity index (χ4n) is 10.5. The maximum Gasteiger partial charge on any atom is 0.410 e. The van der Waals surface area contributed by atoms with E-state index in [0.717, 1.165) is 43.5 Å². The fourth-order valence-corrected chi connectivity index (χ4v) is 10.5. The van der Waals surface area contributed by atoms with Crippen molar-refractivity contribution in [3.05, 3.63) is 59.2 Å². The van der Waals surface area contributed by atoms with E-state index < -0.39 is 0 Å². The number of rotatable bonds is 2. The zero-order chi connectivity index (χ0) is 29.2. The number of hydrogen-bond donors (Lipinski definition) is 1. The highest BCUT2D eigenvalue weighted by Gasteiger charge is 2.60. The Hall–Kier alpha value is -2.60. The first kappa shape index (κ1) is 28.2. The van der Waals surface area contributed by atoms with Crippen molar-refractivity contribution in [3.8, 4) is 0 Å². The monoisotopic (exact) mass is 572 g/mol. The second kappa shape index (κ2) is 10.5. The summed E-state index contributed by atoms with van der Waals surface area (Å²) >= 11 is 0. The molecule has 2 aliphatic heterocycles. The second-order valence-electron chi connectivity index (χ2n) is 14.9. The van der Waals surface area contributed by atoms with Crippen LogP contribution in [-0.2, 0) is 16.1 Å². The number of hydrogen-bond acceptors (Lipinski definition) is 5. The average Bonchev–Trinajstić information content (AvgIpc) is 3.45. The van der Waals surface area contributed by atoms with Crippen LogP contribution in [0.15, 0.2) is 58.8 Å². The first-order valence-corrected chi connectivity index (χ1v) is 16.5. The Balaban J connectivity index is 1.12. The first-order valence-electron chi connectivity index (χ1n) is 16.5. The van der Waals surface area contributed by atoms with Gasteiger partial charge in [-0.15, -0.1) is 0 Å². The van der Waals surface area contributed by atoms with Gasteiger partial charge in [0, 0.05) is 12.5 Å². The van der Waals surface area contributed by atoms with Crippen molar-refractivity contribution >= 4 is 11.8 Å². The molecule has 0 aromatic heterocycles. The number of fused-ring (bicyclic) bond motifs is 6.